The van der Waals surface area contributed by atoms with E-state index in [-0.39, 0.29) is 12.8 Å². The minimum Gasteiger partial charge on any atom is -0.454 e. The molecule has 0 bridgehead atoms. The van der Waals surface area contributed by atoms with E-state index in [9.17, 15) is 0 Å². The van der Waals surface area contributed by atoms with Crippen LogP contribution in [0.5, 0.6) is 11.5 Å². The molecule has 0 radical (unpaired) electrons. The van der Waals surface area contributed by atoms with Crippen molar-refractivity contribution in [3.63, 3.8) is 0 Å². The van der Waals surface area contributed by atoms with E-state index < -0.39 is 0 Å². The lowest BCUT2D eigenvalue weighted by Crippen LogP contribution is -2.43. The van der Waals surface area contributed by atoms with E-state index in [1.165, 1.54) is 6.42 Å². The molecule has 1 aromatic rings. The maximum Gasteiger partial charge on any atom is 0.231 e. The van der Waals surface area contributed by atoms with Crippen LogP contribution >= 0.6 is 11.6 Å². The molecule has 116 valence electrons. The number of hydrogen-bond donors (Lipinski definition) is 1. The van der Waals surface area contributed by atoms with Crippen molar-refractivity contribution in [3.05, 3.63) is 22.7 Å². The van der Waals surface area contributed by atoms with Gasteiger partial charge < -0.3 is 15.2 Å². The summed E-state index contributed by atoms with van der Waals surface area (Å²) in [5.74, 6) is 2.78. The van der Waals surface area contributed by atoms with Gasteiger partial charge in [-0.25, -0.2) is 0 Å². The number of nitrogens with two attached hydrogens (primary N) is 1. The summed E-state index contributed by atoms with van der Waals surface area (Å²) in [6.45, 7) is 7.60. The lowest BCUT2D eigenvalue weighted by atomic mass is 9.89. The van der Waals surface area contributed by atoms with E-state index in [4.69, 9.17) is 26.8 Å². The quantitative estimate of drug-likeness (QED) is 0.932. The summed E-state index contributed by atoms with van der Waals surface area (Å²) in [7, 11) is 0. The topological polar surface area (TPSA) is 47.7 Å². The Kier molecular flexibility index (Phi) is 4.29. The molecular formula is C16H23ClN2O2. The SMILES string of the molecule is CC1CC(C)CN(C(CN)c2cc(Cl)c3c(c2)OCO3)C1. The molecule has 2 heterocycles. The van der Waals surface area contributed by atoms with Crippen LogP contribution in [0.2, 0.25) is 5.02 Å². The average molecular weight is 311 g/mol. The molecule has 0 spiro atoms. The van der Waals surface area contributed by atoms with Gasteiger partial charge in [0.25, 0.3) is 0 Å². The normalized spacial score (nSPS) is 26.9. The summed E-state index contributed by atoms with van der Waals surface area (Å²) in [6.07, 6.45) is 1.29. The number of rotatable bonds is 3. The smallest absolute Gasteiger partial charge is 0.231 e. The maximum atomic E-state index is 6.31. The highest BCUT2D eigenvalue weighted by Gasteiger charge is 2.29. The van der Waals surface area contributed by atoms with Crippen molar-refractivity contribution in [2.45, 2.75) is 26.3 Å². The van der Waals surface area contributed by atoms with E-state index >= 15 is 0 Å². The summed E-state index contributed by atoms with van der Waals surface area (Å²) in [5.41, 5.74) is 7.18. The largest absolute Gasteiger partial charge is 0.454 e. The average Bonchev–Trinajstić information content (AvgIpc) is 2.87. The third-order valence-corrected chi connectivity index (χ3v) is 4.68. The number of benzene rings is 1. The summed E-state index contributed by atoms with van der Waals surface area (Å²) in [4.78, 5) is 2.48. The van der Waals surface area contributed by atoms with Crippen LogP contribution in [0.1, 0.15) is 31.9 Å². The van der Waals surface area contributed by atoms with E-state index in [2.05, 4.69) is 18.7 Å². The molecule has 3 rings (SSSR count). The van der Waals surface area contributed by atoms with Crippen LogP contribution in [-0.2, 0) is 0 Å². The Morgan fingerprint density at radius 1 is 1.29 bits per heavy atom. The van der Waals surface area contributed by atoms with Crippen molar-refractivity contribution < 1.29 is 9.47 Å². The molecule has 5 heteroatoms. The Balaban J connectivity index is 1.88. The Bertz CT molecular complexity index is 513. The highest BCUT2D eigenvalue weighted by Crippen LogP contribution is 2.42. The molecule has 2 N–H and O–H groups in total. The van der Waals surface area contributed by atoms with Crippen LogP contribution in [0, 0.1) is 11.8 Å². The first kappa shape index (κ1) is 14.9. The first-order valence-electron chi connectivity index (χ1n) is 7.61. The van der Waals surface area contributed by atoms with Gasteiger partial charge in [0, 0.05) is 25.7 Å². The van der Waals surface area contributed by atoms with Crippen molar-refractivity contribution in [1.82, 2.24) is 4.90 Å². The van der Waals surface area contributed by atoms with Crippen LogP contribution < -0.4 is 15.2 Å². The lowest BCUT2D eigenvalue weighted by molar-refractivity contribution is 0.0983. The van der Waals surface area contributed by atoms with E-state index in [1.807, 2.05) is 12.1 Å². The molecule has 3 unspecified atom stereocenters. The van der Waals surface area contributed by atoms with Crippen LogP contribution in [0.15, 0.2) is 12.1 Å². The maximum absolute atomic E-state index is 6.31. The second kappa shape index (κ2) is 6.03. The van der Waals surface area contributed by atoms with E-state index in [0.717, 1.165) is 24.4 Å². The first-order chi connectivity index (χ1) is 10.1. The summed E-state index contributed by atoms with van der Waals surface area (Å²) >= 11 is 6.31. The number of nitrogens with zero attached hydrogens (tertiary/aromatic N) is 1. The van der Waals surface area contributed by atoms with Crippen molar-refractivity contribution in [2.75, 3.05) is 26.4 Å². The number of piperidine rings is 1. The van der Waals surface area contributed by atoms with Gasteiger partial charge >= 0.3 is 0 Å². The molecule has 0 aliphatic carbocycles. The van der Waals surface area contributed by atoms with Crippen molar-refractivity contribution in [3.8, 4) is 11.5 Å². The highest BCUT2D eigenvalue weighted by molar-refractivity contribution is 6.32. The fraction of sp³-hybridized carbons (Fsp3) is 0.625. The first-order valence-corrected chi connectivity index (χ1v) is 7.99. The number of ether oxygens (including phenoxy) is 2. The molecule has 3 atom stereocenters. The molecule has 4 nitrogen and oxygen atoms in total. The Morgan fingerprint density at radius 3 is 2.67 bits per heavy atom. The minimum atomic E-state index is 0.183. The van der Waals surface area contributed by atoms with Crippen LogP contribution in [0.25, 0.3) is 0 Å². The van der Waals surface area contributed by atoms with Gasteiger partial charge in [-0.3, -0.25) is 4.90 Å². The van der Waals surface area contributed by atoms with E-state index in [1.54, 1.807) is 0 Å². The van der Waals surface area contributed by atoms with Crippen molar-refractivity contribution in [2.24, 2.45) is 17.6 Å². The fourth-order valence-electron chi connectivity index (χ4n) is 3.64. The second-order valence-corrected chi connectivity index (χ2v) is 6.80. The third-order valence-electron chi connectivity index (χ3n) is 4.40. The zero-order chi connectivity index (χ0) is 15.0. The molecule has 0 amide bonds. The van der Waals surface area contributed by atoms with Crippen LogP contribution in [0.4, 0.5) is 0 Å². The van der Waals surface area contributed by atoms with Crippen LogP contribution in [-0.4, -0.2) is 31.3 Å². The molecule has 1 aromatic carbocycles. The lowest BCUT2D eigenvalue weighted by Gasteiger charge is -2.40. The van der Waals surface area contributed by atoms with Gasteiger partial charge in [-0.05, 0) is 36.0 Å². The summed E-state index contributed by atoms with van der Waals surface area (Å²) in [6, 6.07) is 4.17. The highest BCUT2D eigenvalue weighted by atomic mass is 35.5. The van der Waals surface area contributed by atoms with Gasteiger partial charge in [0.15, 0.2) is 11.5 Å². The molecule has 1 fully saturated rings. The number of likely N-dealkylation sites (tertiary alicyclic amines) is 1. The number of hydrogen-bond acceptors (Lipinski definition) is 4. The molecule has 0 aromatic heterocycles. The Hall–Kier alpha value is -0.970. The van der Waals surface area contributed by atoms with Gasteiger partial charge in [-0.1, -0.05) is 25.4 Å². The Labute approximate surface area is 131 Å². The third kappa shape index (κ3) is 2.98. The van der Waals surface area contributed by atoms with Gasteiger partial charge in [-0.15, -0.1) is 0 Å². The van der Waals surface area contributed by atoms with Crippen LogP contribution in [0.3, 0.4) is 0 Å². The van der Waals surface area contributed by atoms with Crippen molar-refractivity contribution >= 4 is 11.6 Å². The van der Waals surface area contributed by atoms with Gasteiger partial charge in [-0.2, -0.15) is 0 Å². The summed E-state index contributed by atoms with van der Waals surface area (Å²) < 4.78 is 10.9. The second-order valence-electron chi connectivity index (χ2n) is 6.39. The molecular weight excluding hydrogens is 288 g/mol. The van der Waals surface area contributed by atoms with Gasteiger partial charge in [0.1, 0.15) is 0 Å². The molecule has 0 saturated carbocycles. The van der Waals surface area contributed by atoms with Crippen molar-refractivity contribution in [1.29, 1.82) is 0 Å². The zero-order valence-electron chi connectivity index (χ0n) is 12.6. The van der Waals surface area contributed by atoms with Gasteiger partial charge in [0.2, 0.25) is 6.79 Å². The zero-order valence-corrected chi connectivity index (χ0v) is 13.4. The van der Waals surface area contributed by atoms with E-state index in [0.29, 0.717) is 29.2 Å². The standard InChI is InChI=1S/C16H23ClN2O2/c1-10-3-11(2)8-19(7-10)14(6-18)12-4-13(17)16-15(5-12)20-9-21-16/h4-5,10-11,14H,3,6-9,18H2,1-2H3. The molecule has 21 heavy (non-hydrogen) atoms. The minimum absolute atomic E-state index is 0.183. The molecule has 2 aliphatic rings. The fourth-order valence-corrected chi connectivity index (χ4v) is 3.91. The predicted molar refractivity (Wildman–Crippen MR) is 83.9 cm³/mol. The molecule has 1 saturated heterocycles. The van der Waals surface area contributed by atoms with Gasteiger partial charge in [0.05, 0.1) is 5.02 Å². The summed E-state index contributed by atoms with van der Waals surface area (Å²) in [5, 5.41) is 0.608. The Morgan fingerprint density at radius 2 is 2.00 bits per heavy atom. The number of fused-ring (bicyclic) bond motifs is 1. The number of halogens is 1. The predicted octanol–water partition coefficient (Wildman–Crippen LogP) is 3.05. The monoisotopic (exact) mass is 310 g/mol. The molecule has 2 aliphatic heterocycles.